The molecule has 39 heavy (non-hydrogen) atoms. The van der Waals surface area contributed by atoms with Gasteiger partial charge in [-0.15, -0.1) is 0 Å². The Hall–Kier alpha value is -3.94. The van der Waals surface area contributed by atoms with Gasteiger partial charge < -0.3 is 24.3 Å². The van der Waals surface area contributed by atoms with Gasteiger partial charge in [-0.25, -0.2) is 0 Å². The van der Waals surface area contributed by atoms with Crippen molar-refractivity contribution in [3.8, 4) is 11.5 Å². The summed E-state index contributed by atoms with van der Waals surface area (Å²) < 4.78 is 13.1. The van der Waals surface area contributed by atoms with Crippen LogP contribution in [0.1, 0.15) is 29.5 Å². The molecule has 0 spiro atoms. The Balaban J connectivity index is 1.34. The topological polar surface area (TPSA) is 98.0 Å². The molecule has 0 radical (unpaired) electrons. The number of para-hydroxylation sites is 1. The van der Waals surface area contributed by atoms with Crippen molar-refractivity contribution in [3.05, 3.63) is 93.6 Å². The Morgan fingerprint density at radius 3 is 2.15 bits per heavy atom. The molecule has 0 saturated heterocycles. The summed E-state index contributed by atoms with van der Waals surface area (Å²) in [6.45, 7) is 0.779. The number of benzene rings is 3. The van der Waals surface area contributed by atoms with E-state index in [1.54, 1.807) is 35.0 Å². The molecule has 0 saturated carbocycles. The summed E-state index contributed by atoms with van der Waals surface area (Å²) >= 11 is 12.2. The summed E-state index contributed by atoms with van der Waals surface area (Å²) in [5.41, 5.74) is 3.01. The second kappa shape index (κ2) is 13.2. The Morgan fingerprint density at radius 2 is 1.49 bits per heavy atom. The van der Waals surface area contributed by atoms with Gasteiger partial charge in [-0.3, -0.25) is 9.59 Å². The number of ether oxygens (including phenoxy) is 2. The van der Waals surface area contributed by atoms with Crippen LogP contribution in [-0.2, 0) is 22.6 Å². The molecular formula is C30H27Cl2NO6. The Labute approximate surface area is 235 Å². The van der Waals surface area contributed by atoms with Crippen LogP contribution >= 0.6 is 23.2 Å². The van der Waals surface area contributed by atoms with Gasteiger partial charge in [-0.05, 0) is 59.9 Å². The van der Waals surface area contributed by atoms with Crippen molar-refractivity contribution in [1.82, 2.24) is 4.57 Å². The number of rotatable bonds is 13. The summed E-state index contributed by atoms with van der Waals surface area (Å²) in [4.78, 5) is 22.7. The first-order chi connectivity index (χ1) is 18.8. The molecule has 2 N–H and O–H groups in total. The molecule has 9 heteroatoms. The van der Waals surface area contributed by atoms with Crippen LogP contribution in [0.25, 0.3) is 23.1 Å². The van der Waals surface area contributed by atoms with Gasteiger partial charge in [0.2, 0.25) is 0 Å². The number of halogens is 2. The summed E-state index contributed by atoms with van der Waals surface area (Å²) in [5, 5.41) is 20.3. The molecule has 7 nitrogen and oxygen atoms in total. The minimum absolute atomic E-state index is 0.195. The molecule has 0 amide bonds. The second-order valence-electron chi connectivity index (χ2n) is 8.85. The molecule has 1 aromatic heterocycles. The van der Waals surface area contributed by atoms with Crippen molar-refractivity contribution < 1.29 is 29.3 Å². The summed E-state index contributed by atoms with van der Waals surface area (Å²) in [6, 6.07) is 18.4. The van der Waals surface area contributed by atoms with Gasteiger partial charge in [-0.2, -0.15) is 0 Å². The molecule has 0 aliphatic heterocycles. The Morgan fingerprint density at radius 1 is 0.821 bits per heavy atom. The van der Waals surface area contributed by atoms with Gasteiger partial charge in [0, 0.05) is 17.1 Å². The van der Waals surface area contributed by atoms with Crippen molar-refractivity contribution in [2.45, 2.75) is 25.8 Å². The van der Waals surface area contributed by atoms with Gasteiger partial charge in [0.25, 0.3) is 0 Å². The minimum atomic E-state index is -0.993. The summed E-state index contributed by atoms with van der Waals surface area (Å²) in [6.07, 6.45) is 6.82. The highest BCUT2D eigenvalue weighted by molar-refractivity contribution is 6.37. The van der Waals surface area contributed by atoms with Crippen molar-refractivity contribution in [2.75, 3.05) is 13.2 Å². The number of hydrogen-bond donors (Lipinski definition) is 2. The van der Waals surface area contributed by atoms with Gasteiger partial charge in [0.15, 0.2) is 5.75 Å². The van der Waals surface area contributed by atoms with Crippen molar-refractivity contribution >= 4 is 58.2 Å². The molecule has 0 atom stereocenters. The molecule has 0 fully saturated rings. The van der Waals surface area contributed by atoms with E-state index >= 15 is 0 Å². The highest BCUT2D eigenvalue weighted by atomic mass is 35.5. The van der Waals surface area contributed by atoms with Crippen LogP contribution in [0, 0.1) is 0 Å². The first-order valence-corrected chi connectivity index (χ1v) is 13.1. The lowest BCUT2D eigenvalue weighted by Crippen LogP contribution is -2.07. The van der Waals surface area contributed by atoms with E-state index in [1.165, 1.54) is 0 Å². The average molecular weight is 568 g/mol. The molecular weight excluding hydrogens is 541 g/mol. The van der Waals surface area contributed by atoms with Crippen LogP contribution in [0.15, 0.2) is 66.9 Å². The molecule has 4 rings (SSSR count). The van der Waals surface area contributed by atoms with Gasteiger partial charge in [0.05, 0.1) is 29.7 Å². The predicted molar refractivity (Wildman–Crippen MR) is 153 cm³/mol. The number of nitrogens with zero attached hydrogens (tertiary/aromatic N) is 1. The number of fused-ring (bicyclic) bond motifs is 1. The van der Waals surface area contributed by atoms with E-state index in [-0.39, 0.29) is 13.0 Å². The highest BCUT2D eigenvalue weighted by Gasteiger charge is 2.15. The van der Waals surface area contributed by atoms with Crippen LogP contribution in [0.4, 0.5) is 0 Å². The first-order valence-electron chi connectivity index (χ1n) is 12.3. The fourth-order valence-corrected chi connectivity index (χ4v) is 4.74. The number of carboxylic acid groups (broad SMARTS) is 2. The van der Waals surface area contributed by atoms with E-state index in [2.05, 4.69) is 0 Å². The van der Waals surface area contributed by atoms with Gasteiger partial charge in [0.1, 0.15) is 12.3 Å². The first kappa shape index (κ1) is 28.1. The maximum absolute atomic E-state index is 11.4. The fourth-order valence-electron chi connectivity index (χ4n) is 4.23. The third-order valence-corrected chi connectivity index (χ3v) is 6.57. The average Bonchev–Trinajstić information content (AvgIpc) is 3.23. The van der Waals surface area contributed by atoms with Crippen molar-refractivity contribution in [2.24, 2.45) is 0 Å². The zero-order valence-electron chi connectivity index (χ0n) is 21.0. The lowest BCUT2D eigenvalue weighted by molar-refractivity contribution is -0.138. The number of carbonyl (C=O) groups is 2. The Kier molecular flexibility index (Phi) is 9.52. The van der Waals surface area contributed by atoms with Crippen LogP contribution in [0.2, 0.25) is 10.0 Å². The lowest BCUT2D eigenvalue weighted by Gasteiger charge is -2.10. The summed E-state index contributed by atoms with van der Waals surface area (Å²) in [5.74, 6) is -0.722. The SMILES string of the molecule is O=C(O)Cc1cn(CC(=O)O)c2cccc(/C=C/c3ccc(OCCCCOc4c(Cl)cccc4Cl)cc3)c12. The quantitative estimate of drug-likeness (QED) is 0.132. The van der Waals surface area contributed by atoms with E-state index in [1.807, 2.05) is 48.6 Å². The maximum Gasteiger partial charge on any atom is 0.323 e. The van der Waals surface area contributed by atoms with Crippen LogP contribution in [-0.4, -0.2) is 39.9 Å². The van der Waals surface area contributed by atoms with Crippen LogP contribution in [0.5, 0.6) is 11.5 Å². The number of aromatic nitrogens is 1. The van der Waals surface area contributed by atoms with Crippen LogP contribution < -0.4 is 9.47 Å². The summed E-state index contributed by atoms with van der Waals surface area (Å²) in [7, 11) is 0. The lowest BCUT2D eigenvalue weighted by atomic mass is 10.0. The molecule has 0 bridgehead atoms. The number of aliphatic carboxylic acids is 2. The van der Waals surface area contributed by atoms with Gasteiger partial charge in [-0.1, -0.05) is 65.7 Å². The molecule has 0 unspecified atom stereocenters. The zero-order chi connectivity index (χ0) is 27.8. The number of hydrogen-bond acceptors (Lipinski definition) is 4. The van der Waals surface area contributed by atoms with Crippen molar-refractivity contribution in [1.29, 1.82) is 0 Å². The van der Waals surface area contributed by atoms with E-state index in [0.29, 0.717) is 40.1 Å². The fraction of sp³-hybridized carbons (Fsp3) is 0.200. The Bertz CT molecular complexity index is 1470. The number of unbranched alkanes of at least 4 members (excludes halogenated alkanes) is 1. The molecule has 1 heterocycles. The zero-order valence-corrected chi connectivity index (χ0v) is 22.5. The maximum atomic E-state index is 11.4. The molecule has 3 aromatic carbocycles. The van der Waals surface area contributed by atoms with Crippen molar-refractivity contribution in [3.63, 3.8) is 0 Å². The monoisotopic (exact) mass is 567 g/mol. The van der Waals surface area contributed by atoms with Gasteiger partial charge >= 0.3 is 11.9 Å². The van der Waals surface area contributed by atoms with E-state index in [9.17, 15) is 19.8 Å². The largest absolute Gasteiger partial charge is 0.494 e. The standard InChI is InChI=1S/C30H27Cl2NO6/c31-24-6-4-7-25(32)30(24)39-16-2-1-15-38-23-13-10-20(11-14-23)9-12-21-5-3-8-26-29(21)22(17-27(34)35)18-33(26)19-28(36)37/h3-14,18H,1-2,15-17,19H2,(H,34,35)(H,36,37)/b12-9+. The molecule has 202 valence electrons. The molecule has 0 aliphatic rings. The molecule has 0 aliphatic carbocycles. The van der Waals surface area contributed by atoms with E-state index in [0.717, 1.165) is 35.1 Å². The normalized spacial score (nSPS) is 11.2. The number of carboxylic acids is 2. The second-order valence-corrected chi connectivity index (χ2v) is 9.66. The third kappa shape index (κ3) is 7.56. The van der Waals surface area contributed by atoms with Crippen LogP contribution in [0.3, 0.4) is 0 Å². The third-order valence-electron chi connectivity index (χ3n) is 5.97. The minimum Gasteiger partial charge on any atom is -0.494 e. The highest BCUT2D eigenvalue weighted by Crippen LogP contribution is 2.32. The molecule has 4 aromatic rings. The smallest absolute Gasteiger partial charge is 0.323 e. The van der Waals surface area contributed by atoms with E-state index < -0.39 is 11.9 Å². The van der Waals surface area contributed by atoms with E-state index in [4.69, 9.17) is 32.7 Å². The predicted octanol–water partition coefficient (Wildman–Crippen LogP) is 7.07.